The van der Waals surface area contributed by atoms with E-state index in [9.17, 15) is 18.3 Å². The molecule has 2 aromatic rings. The molecule has 0 bridgehead atoms. The Labute approximate surface area is 161 Å². The second-order valence-corrected chi connectivity index (χ2v) is 7.06. The number of alkyl halides is 3. The van der Waals surface area contributed by atoms with Crippen LogP contribution in [0.25, 0.3) is 11.3 Å². The van der Waals surface area contributed by atoms with Gasteiger partial charge in [-0.15, -0.1) is 10.2 Å². The van der Waals surface area contributed by atoms with Gasteiger partial charge in [0, 0.05) is 31.2 Å². The van der Waals surface area contributed by atoms with Gasteiger partial charge in [0.2, 0.25) is 0 Å². The molecule has 1 atom stereocenters. The van der Waals surface area contributed by atoms with Crippen molar-refractivity contribution in [2.24, 2.45) is 5.73 Å². The standard InChI is InChI=1S/C19H24F3N5O/c1-12-9-17(24-14-3-2-7-27(11-14)8-6-23)25-26-18(12)15-5-4-13(10-16(15)28)19(20,21)22/h4-5,9-10,14,28H,2-3,6-8,11,23H2,1H3,(H,24,25). The first kappa shape index (κ1) is 20.3. The van der Waals surface area contributed by atoms with Crippen LogP contribution in [0.2, 0.25) is 0 Å². The number of aryl methyl sites for hydroxylation is 1. The number of likely N-dealkylation sites (tertiary alicyclic amines) is 1. The molecule has 6 nitrogen and oxygen atoms in total. The van der Waals surface area contributed by atoms with Crippen LogP contribution in [0.15, 0.2) is 24.3 Å². The Morgan fingerprint density at radius 2 is 2.07 bits per heavy atom. The number of rotatable bonds is 5. The molecule has 1 aromatic heterocycles. The van der Waals surface area contributed by atoms with Gasteiger partial charge in [-0.1, -0.05) is 0 Å². The quantitative estimate of drug-likeness (QED) is 0.722. The lowest BCUT2D eigenvalue weighted by Gasteiger charge is -2.33. The lowest BCUT2D eigenvalue weighted by atomic mass is 10.0. The fraction of sp³-hybridized carbons (Fsp3) is 0.474. The molecule has 0 aliphatic carbocycles. The summed E-state index contributed by atoms with van der Waals surface area (Å²) in [5.74, 6) is 0.130. The van der Waals surface area contributed by atoms with E-state index in [-0.39, 0.29) is 11.6 Å². The molecular weight excluding hydrogens is 371 g/mol. The topological polar surface area (TPSA) is 87.3 Å². The van der Waals surface area contributed by atoms with E-state index in [2.05, 4.69) is 20.4 Å². The molecule has 0 spiro atoms. The van der Waals surface area contributed by atoms with Gasteiger partial charge in [-0.3, -0.25) is 0 Å². The Morgan fingerprint density at radius 3 is 2.71 bits per heavy atom. The molecule has 1 aliphatic rings. The van der Waals surface area contributed by atoms with E-state index in [1.165, 1.54) is 6.07 Å². The van der Waals surface area contributed by atoms with Crippen molar-refractivity contribution in [2.45, 2.75) is 32.0 Å². The van der Waals surface area contributed by atoms with Gasteiger partial charge in [-0.05, 0) is 56.1 Å². The maximum atomic E-state index is 12.8. The number of piperidine rings is 1. The highest BCUT2D eigenvalue weighted by Crippen LogP contribution is 2.36. The number of phenols is 1. The molecule has 0 amide bonds. The minimum absolute atomic E-state index is 0.219. The Hall–Kier alpha value is -2.39. The molecule has 2 heterocycles. The predicted octanol–water partition coefficient (Wildman–Crippen LogP) is 3.01. The molecule has 1 fully saturated rings. The van der Waals surface area contributed by atoms with E-state index >= 15 is 0 Å². The summed E-state index contributed by atoms with van der Waals surface area (Å²) >= 11 is 0. The maximum absolute atomic E-state index is 12.8. The van der Waals surface area contributed by atoms with Crippen LogP contribution in [0.3, 0.4) is 0 Å². The highest BCUT2D eigenvalue weighted by Gasteiger charge is 2.31. The summed E-state index contributed by atoms with van der Waals surface area (Å²) in [6, 6.07) is 4.88. The molecule has 4 N–H and O–H groups in total. The molecule has 0 radical (unpaired) electrons. The van der Waals surface area contributed by atoms with Gasteiger partial charge in [0.25, 0.3) is 0 Å². The van der Waals surface area contributed by atoms with Gasteiger partial charge in [-0.25, -0.2) is 0 Å². The summed E-state index contributed by atoms with van der Waals surface area (Å²) < 4.78 is 38.3. The summed E-state index contributed by atoms with van der Waals surface area (Å²) in [5, 5.41) is 21.7. The number of halogens is 3. The van der Waals surface area contributed by atoms with Crippen LogP contribution in [-0.4, -0.2) is 52.4 Å². The van der Waals surface area contributed by atoms with Gasteiger partial charge in [0.1, 0.15) is 11.6 Å². The number of hydrogen-bond donors (Lipinski definition) is 3. The second kappa shape index (κ2) is 8.32. The van der Waals surface area contributed by atoms with E-state index < -0.39 is 17.5 Å². The molecule has 152 valence electrons. The van der Waals surface area contributed by atoms with E-state index in [0.717, 1.165) is 38.5 Å². The summed E-state index contributed by atoms with van der Waals surface area (Å²) in [4.78, 5) is 2.30. The van der Waals surface area contributed by atoms with Crippen molar-refractivity contribution < 1.29 is 18.3 Å². The maximum Gasteiger partial charge on any atom is 0.416 e. The molecule has 28 heavy (non-hydrogen) atoms. The zero-order valence-corrected chi connectivity index (χ0v) is 15.6. The average Bonchev–Trinajstić information content (AvgIpc) is 2.62. The van der Waals surface area contributed by atoms with Crippen molar-refractivity contribution in [1.82, 2.24) is 15.1 Å². The third-order valence-electron chi connectivity index (χ3n) is 4.87. The third-order valence-corrected chi connectivity index (χ3v) is 4.87. The largest absolute Gasteiger partial charge is 0.507 e. The zero-order chi connectivity index (χ0) is 20.3. The summed E-state index contributed by atoms with van der Waals surface area (Å²) in [5.41, 5.74) is 6.00. The van der Waals surface area contributed by atoms with Crippen LogP contribution < -0.4 is 11.1 Å². The first-order valence-electron chi connectivity index (χ1n) is 9.22. The molecule has 1 unspecified atom stereocenters. The molecule has 1 aliphatic heterocycles. The highest BCUT2D eigenvalue weighted by atomic mass is 19.4. The predicted molar refractivity (Wildman–Crippen MR) is 101 cm³/mol. The van der Waals surface area contributed by atoms with Crippen LogP contribution in [0.5, 0.6) is 5.75 Å². The number of nitrogens with zero attached hydrogens (tertiary/aromatic N) is 3. The van der Waals surface area contributed by atoms with Crippen LogP contribution >= 0.6 is 0 Å². The van der Waals surface area contributed by atoms with Crippen molar-refractivity contribution in [3.63, 3.8) is 0 Å². The van der Waals surface area contributed by atoms with Gasteiger partial charge in [0.15, 0.2) is 0 Å². The van der Waals surface area contributed by atoms with E-state index in [1.807, 2.05) is 0 Å². The van der Waals surface area contributed by atoms with Crippen LogP contribution in [0, 0.1) is 6.92 Å². The molecule has 3 rings (SSSR count). The van der Waals surface area contributed by atoms with E-state index in [0.29, 0.717) is 29.7 Å². The SMILES string of the molecule is Cc1cc(NC2CCCN(CCN)C2)nnc1-c1ccc(C(F)(F)F)cc1O. The number of phenolic OH excluding ortho intramolecular Hbond substituents is 1. The zero-order valence-electron chi connectivity index (χ0n) is 15.6. The fourth-order valence-electron chi connectivity index (χ4n) is 3.50. The summed E-state index contributed by atoms with van der Waals surface area (Å²) in [6.45, 7) is 5.17. The normalized spacial score (nSPS) is 18.2. The fourth-order valence-corrected chi connectivity index (χ4v) is 3.50. The number of aromatic nitrogens is 2. The average molecular weight is 395 g/mol. The lowest BCUT2D eigenvalue weighted by Crippen LogP contribution is -2.44. The van der Waals surface area contributed by atoms with Crippen molar-refractivity contribution in [3.8, 4) is 17.0 Å². The number of anilines is 1. The van der Waals surface area contributed by atoms with E-state index in [4.69, 9.17) is 5.73 Å². The number of nitrogens with two attached hydrogens (primary N) is 1. The van der Waals surface area contributed by atoms with Crippen molar-refractivity contribution in [1.29, 1.82) is 0 Å². The number of nitrogens with one attached hydrogen (secondary N) is 1. The Bertz CT molecular complexity index is 826. The molecule has 9 heteroatoms. The highest BCUT2D eigenvalue weighted by molar-refractivity contribution is 5.70. The van der Waals surface area contributed by atoms with Crippen molar-refractivity contribution in [2.75, 3.05) is 31.5 Å². The summed E-state index contributed by atoms with van der Waals surface area (Å²) in [7, 11) is 0. The first-order valence-corrected chi connectivity index (χ1v) is 9.22. The lowest BCUT2D eigenvalue weighted by molar-refractivity contribution is -0.137. The minimum atomic E-state index is -4.51. The van der Waals surface area contributed by atoms with Crippen molar-refractivity contribution in [3.05, 3.63) is 35.4 Å². The molecule has 0 saturated carbocycles. The number of hydrogen-bond acceptors (Lipinski definition) is 6. The van der Waals surface area contributed by atoms with Crippen LogP contribution in [0.1, 0.15) is 24.0 Å². The van der Waals surface area contributed by atoms with Gasteiger partial charge < -0.3 is 21.1 Å². The Kier molecular flexibility index (Phi) is 6.04. The monoisotopic (exact) mass is 395 g/mol. The molecule has 1 saturated heterocycles. The van der Waals surface area contributed by atoms with E-state index in [1.54, 1.807) is 13.0 Å². The van der Waals surface area contributed by atoms with Gasteiger partial charge >= 0.3 is 6.18 Å². The second-order valence-electron chi connectivity index (χ2n) is 7.06. The Balaban J connectivity index is 1.76. The Morgan fingerprint density at radius 1 is 1.29 bits per heavy atom. The van der Waals surface area contributed by atoms with Gasteiger partial charge in [-0.2, -0.15) is 13.2 Å². The number of benzene rings is 1. The summed E-state index contributed by atoms with van der Waals surface area (Å²) in [6.07, 6.45) is -2.42. The minimum Gasteiger partial charge on any atom is -0.507 e. The van der Waals surface area contributed by atoms with Crippen LogP contribution in [0.4, 0.5) is 19.0 Å². The van der Waals surface area contributed by atoms with Crippen LogP contribution in [-0.2, 0) is 6.18 Å². The third kappa shape index (κ3) is 4.71. The smallest absolute Gasteiger partial charge is 0.416 e. The molecule has 1 aromatic carbocycles. The number of aromatic hydroxyl groups is 1. The van der Waals surface area contributed by atoms with Crippen molar-refractivity contribution >= 4 is 5.82 Å². The first-order chi connectivity index (χ1) is 13.3. The van der Waals surface area contributed by atoms with Gasteiger partial charge in [0.05, 0.1) is 11.3 Å². The molecular formula is C19H24F3N5O.